The number of anilines is 1. The lowest BCUT2D eigenvalue weighted by Gasteiger charge is -2.26. The zero-order chi connectivity index (χ0) is 17.9. The lowest BCUT2D eigenvalue weighted by Crippen LogP contribution is -2.35. The summed E-state index contributed by atoms with van der Waals surface area (Å²) >= 11 is 0. The minimum Gasteiger partial charge on any atom is -0.322 e. The average Bonchev–Trinajstić information content (AvgIpc) is 2.63. The van der Waals surface area contributed by atoms with Gasteiger partial charge in [-0.25, -0.2) is 12.8 Å². The topological polar surface area (TPSA) is 66.5 Å². The molecule has 1 heterocycles. The normalized spacial score (nSPS) is 15.7. The Labute approximate surface area is 146 Å². The maximum atomic E-state index is 12.9. The van der Waals surface area contributed by atoms with Gasteiger partial charge in [0.1, 0.15) is 5.82 Å². The number of carbonyl (C=O) groups is 1. The largest absolute Gasteiger partial charge is 0.322 e. The second kappa shape index (κ2) is 7.33. The van der Waals surface area contributed by atoms with Crippen LogP contribution in [0.1, 0.15) is 29.6 Å². The number of benzene rings is 2. The third kappa shape index (κ3) is 4.05. The quantitative estimate of drug-likeness (QED) is 0.908. The molecule has 0 saturated carbocycles. The van der Waals surface area contributed by atoms with Gasteiger partial charge in [0.2, 0.25) is 10.0 Å². The van der Waals surface area contributed by atoms with Crippen molar-refractivity contribution in [2.75, 3.05) is 18.4 Å². The van der Waals surface area contributed by atoms with E-state index in [0.29, 0.717) is 24.3 Å². The van der Waals surface area contributed by atoms with Crippen molar-refractivity contribution >= 4 is 21.6 Å². The summed E-state index contributed by atoms with van der Waals surface area (Å²) in [6.07, 6.45) is 2.76. The molecule has 3 rings (SSSR count). The molecule has 1 aliphatic heterocycles. The number of carbonyl (C=O) groups excluding carboxylic acids is 1. The SMILES string of the molecule is O=C(Nc1cccc(S(=O)(=O)N2CCCCC2)c1)c1ccc(F)cc1. The molecule has 1 amide bonds. The first kappa shape index (κ1) is 17.6. The van der Waals surface area contributed by atoms with Gasteiger partial charge in [-0.1, -0.05) is 12.5 Å². The first-order chi connectivity index (χ1) is 12.0. The second-order valence-corrected chi connectivity index (χ2v) is 7.89. The minimum atomic E-state index is -3.56. The van der Waals surface area contributed by atoms with Crippen LogP contribution >= 0.6 is 0 Å². The molecule has 0 radical (unpaired) electrons. The van der Waals surface area contributed by atoms with Gasteiger partial charge in [-0.05, 0) is 55.3 Å². The summed E-state index contributed by atoms with van der Waals surface area (Å²) in [5, 5.41) is 2.65. The molecule has 0 spiro atoms. The first-order valence-electron chi connectivity index (χ1n) is 8.14. The number of piperidine rings is 1. The van der Waals surface area contributed by atoms with Crippen molar-refractivity contribution in [3.8, 4) is 0 Å². The van der Waals surface area contributed by atoms with E-state index in [-0.39, 0.29) is 4.90 Å². The van der Waals surface area contributed by atoms with Crippen LogP contribution in [0, 0.1) is 5.82 Å². The summed E-state index contributed by atoms with van der Waals surface area (Å²) in [6.45, 7) is 1.04. The Hall–Kier alpha value is -2.25. The van der Waals surface area contributed by atoms with Gasteiger partial charge >= 0.3 is 0 Å². The van der Waals surface area contributed by atoms with Crippen LogP contribution < -0.4 is 5.32 Å². The summed E-state index contributed by atoms with van der Waals surface area (Å²) in [5.41, 5.74) is 0.679. The van der Waals surface area contributed by atoms with Crippen LogP contribution in [0.15, 0.2) is 53.4 Å². The molecule has 1 N–H and O–H groups in total. The molecule has 2 aromatic carbocycles. The number of rotatable bonds is 4. The van der Waals surface area contributed by atoms with Crippen molar-refractivity contribution in [1.82, 2.24) is 4.31 Å². The highest BCUT2D eigenvalue weighted by Crippen LogP contribution is 2.23. The highest BCUT2D eigenvalue weighted by Gasteiger charge is 2.26. The lowest BCUT2D eigenvalue weighted by atomic mass is 10.2. The van der Waals surface area contributed by atoms with Crippen molar-refractivity contribution < 1.29 is 17.6 Å². The Morgan fingerprint density at radius 3 is 2.36 bits per heavy atom. The van der Waals surface area contributed by atoms with Crippen molar-refractivity contribution in [2.24, 2.45) is 0 Å². The molecule has 0 unspecified atom stereocenters. The van der Waals surface area contributed by atoms with Crippen LogP contribution in [0.2, 0.25) is 0 Å². The van der Waals surface area contributed by atoms with E-state index >= 15 is 0 Å². The Balaban J connectivity index is 1.79. The molecule has 0 aromatic heterocycles. The molecule has 1 saturated heterocycles. The fraction of sp³-hybridized carbons (Fsp3) is 0.278. The number of nitrogens with one attached hydrogen (secondary N) is 1. The molecule has 132 valence electrons. The van der Waals surface area contributed by atoms with Crippen molar-refractivity contribution in [3.63, 3.8) is 0 Å². The fourth-order valence-electron chi connectivity index (χ4n) is 2.79. The molecule has 1 aliphatic rings. The summed E-state index contributed by atoms with van der Waals surface area (Å²) in [7, 11) is -3.56. The first-order valence-corrected chi connectivity index (χ1v) is 9.58. The van der Waals surface area contributed by atoms with E-state index < -0.39 is 21.7 Å². The van der Waals surface area contributed by atoms with Gasteiger partial charge in [0.25, 0.3) is 5.91 Å². The maximum Gasteiger partial charge on any atom is 0.255 e. The van der Waals surface area contributed by atoms with E-state index in [4.69, 9.17) is 0 Å². The molecule has 0 atom stereocenters. The molecule has 0 aliphatic carbocycles. The standard InChI is InChI=1S/C18H19FN2O3S/c19-15-9-7-14(8-10-15)18(22)20-16-5-4-6-17(13-16)25(23,24)21-11-2-1-3-12-21/h4-10,13H,1-3,11-12H2,(H,20,22). The molecular formula is C18H19FN2O3S. The molecule has 0 bridgehead atoms. The van der Waals surface area contributed by atoms with E-state index in [1.54, 1.807) is 12.1 Å². The number of hydrogen-bond donors (Lipinski definition) is 1. The number of amides is 1. The highest BCUT2D eigenvalue weighted by molar-refractivity contribution is 7.89. The monoisotopic (exact) mass is 362 g/mol. The minimum absolute atomic E-state index is 0.159. The van der Waals surface area contributed by atoms with Gasteiger partial charge in [-0.3, -0.25) is 4.79 Å². The van der Waals surface area contributed by atoms with E-state index in [1.165, 1.54) is 40.7 Å². The third-order valence-electron chi connectivity index (χ3n) is 4.15. The summed E-state index contributed by atoms with van der Waals surface area (Å²) in [4.78, 5) is 12.4. The second-order valence-electron chi connectivity index (χ2n) is 5.95. The zero-order valence-corrected chi connectivity index (χ0v) is 14.4. The summed E-state index contributed by atoms with van der Waals surface area (Å²) in [5.74, 6) is -0.848. The smallest absolute Gasteiger partial charge is 0.255 e. The third-order valence-corrected chi connectivity index (χ3v) is 6.05. The van der Waals surface area contributed by atoms with E-state index in [1.807, 2.05) is 0 Å². The lowest BCUT2D eigenvalue weighted by molar-refractivity contribution is 0.102. The number of nitrogens with zero attached hydrogens (tertiary/aromatic N) is 1. The maximum absolute atomic E-state index is 12.9. The van der Waals surface area contributed by atoms with Crippen LogP contribution in [0.5, 0.6) is 0 Å². The predicted octanol–water partition coefficient (Wildman–Crippen LogP) is 3.25. The van der Waals surface area contributed by atoms with Gasteiger partial charge in [0.05, 0.1) is 4.90 Å². The molecule has 2 aromatic rings. The Morgan fingerprint density at radius 2 is 1.68 bits per heavy atom. The Morgan fingerprint density at radius 1 is 1.00 bits per heavy atom. The molecular weight excluding hydrogens is 343 g/mol. The van der Waals surface area contributed by atoms with E-state index in [9.17, 15) is 17.6 Å². The van der Waals surface area contributed by atoms with Crippen LogP contribution in [0.4, 0.5) is 10.1 Å². The van der Waals surface area contributed by atoms with Crippen molar-refractivity contribution in [1.29, 1.82) is 0 Å². The van der Waals surface area contributed by atoms with Gasteiger partial charge < -0.3 is 5.32 Å². The van der Waals surface area contributed by atoms with Gasteiger partial charge in [-0.15, -0.1) is 0 Å². The van der Waals surface area contributed by atoms with Gasteiger partial charge in [0, 0.05) is 24.3 Å². The Bertz CT molecular complexity index is 860. The van der Waals surface area contributed by atoms with Crippen LogP contribution in [-0.2, 0) is 10.0 Å². The number of hydrogen-bond acceptors (Lipinski definition) is 3. The van der Waals surface area contributed by atoms with E-state index in [0.717, 1.165) is 19.3 Å². The fourth-order valence-corrected chi connectivity index (χ4v) is 4.36. The molecule has 7 heteroatoms. The van der Waals surface area contributed by atoms with Gasteiger partial charge in [0.15, 0.2) is 0 Å². The Kier molecular flexibility index (Phi) is 5.15. The average molecular weight is 362 g/mol. The number of halogens is 1. The molecule has 1 fully saturated rings. The van der Waals surface area contributed by atoms with Crippen molar-refractivity contribution in [3.05, 3.63) is 59.9 Å². The van der Waals surface area contributed by atoms with Gasteiger partial charge in [-0.2, -0.15) is 4.31 Å². The van der Waals surface area contributed by atoms with Crippen LogP contribution in [-0.4, -0.2) is 31.7 Å². The van der Waals surface area contributed by atoms with Crippen molar-refractivity contribution in [2.45, 2.75) is 24.2 Å². The summed E-state index contributed by atoms with van der Waals surface area (Å²) < 4.78 is 39.8. The summed E-state index contributed by atoms with van der Waals surface area (Å²) in [6, 6.07) is 11.3. The zero-order valence-electron chi connectivity index (χ0n) is 13.6. The van der Waals surface area contributed by atoms with Crippen LogP contribution in [0.3, 0.4) is 0 Å². The van der Waals surface area contributed by atoms with E-state index in [2.05, 4.69) is 5.32 Å². The molecule has 25 heavy (non-hydrogen) atoms. The predicted molar refractivity (Wildman–Crippen MR) is 93.4 cm³/mol. The highest BCUT2D eigenvalue weighted by atomic mass is 32.2. The molecule has 5 nitrogen and oxygen atoms in total. The number of sulfonamides is 1. The van der Waals surface area contributed by atoms with Crippen LogP contribution in [0.25, 0.3) is 0 Å².